The van der Waals surface area contributed by atoms with Crippen molar-refractivity contribution in [3.63, 3.8) is 0 Å². The van der Waals surface area contributed by atoms with Crippen LogP contribution in [0.1, 0.15) is 20.3 Å². The van der Waals surface area contributed by atoms with Crippen LogP contribution in [0, 0.1) is 0 Å². The Morgan fingerprint density at radius 3 is 2.02 bits per heavy atom. The summed E-state index contributed by atoms with van der Waals surface area (Å²) in [6.07, 6.45) is -24.9. The Kier molecular flexibility index (Phi) is 13.1. The van der Waals surface area contributed by atoms with Crippen molar-refractivity contribution in [3.8, 4) is 0 Å². The van der Waals surface area contributed by atoms with Crippen molar-refractivity contribution in [1.29, 1.82) is 0 Å². The Morgan fingerprint density at radius 2 is 1.48 bits per heavy atom. The maximum absolute atomic E-state index is 12.4. The molecule has 266 valence electrons. The van der Waals surface area contributed by atoms with Crippen LogP contribution in [0.2, 0.25) is 0 Å². The fourth-order valence-corrected chi connectivity index (χ4v) is 5.46. The van der Waals surface area contributed by atoms with E-state index in [0.717, 1.165) is 13.8 Å². The highest BCUT2D eigenvalue weighted by Gasteiger charge is 2.57. The van der Waals surface area contributed by atoms with Gasteiger partial charge in [-0.05, 0) is 0 Å². The van der Waals surface area contributed by atoms with Crippen molar-refractivity contribution in [2.24, 2.45) is 0 Å². The highest BCUT2D eigenvalue weighted by molar-refractivity contribution is 5.76. The summed E-state index contributed by atoms with van der Waals surface area (Å²) in [7, 11) is 0. The Bertz CT molecular complexity index is 1050. The van der Waals surface area contributed by atoms with Gasteiger partial charge in [0, 0.05) is 20.3 Å². The predicted molar refractivity (Wildman–Crippen MR) is 142 cm³/mol. The van der Waals surface area contributed by atoms with Crippen LogP contribution in [0.3, 0.4) is 0 Å². The highest BCUT2D eigenvalue weighted by Crippen LogP contribution is 2.35. The zero-order valence-corrected chi connectivity index (χ0v) is 24.7. The summed E-state index contributed by atoms with van der Waals surface area (Å²) in [6, 6.07) is -2.96. The number of hydrogen-bond acceptors (Lipinski definition) is 18. The number of aliphatic hydroxyl groups excluding tert-OH is 10. The number of aliphatic carboxylic acids is 1. The standard InChI is InChI=1S/C25H42N2O19/c1-7(30)26-13-9(32)3-25(24(40)41,46-21(13)15(34)10(33)4-28)42-6-12-16(35)18(37)19(38)23(44-12)45-20-11(5-29)43-22(39)14(17(20)36)27-8(2)31/h9-23,28-29,32-39H,3-6H2,1-2H3,(H,26,30)(H,27,31)(H,40,41)/t9-,10+,11+,12+,13+,14+,15+,16-,17+,18-,19+,20+,21+,22+,23+,25+/m0/s1. The second kappa shape index (κ2) is 15.8. The van der Waals surface area contributed by atoms with Gasteiger partial charge in [0.25, 0.3) is 5.79 Å². The molecule has 13 N–H and O–H groups in total. The highest BCUT2D eigenvalue weighted by atomic mass is 16.8. The lowest BCUT2D eigenvalue weighted by Gasteiger charge is -2.48. The van der Waals surface area contributed by atoms with Crippen LogP contribution in [0.4, 0.5) is 0 Å². The number of carboxylic acids is 1. The quantitative estimate of drug-likeness (QED) is 0.0913. The van der Waals surface area contributed by atoms with Gasteiger partial charge < -0.3 is 90.5 Å². The van der Waals surface area contributed by atoms with E-state index in [-0.39, 0.29) is 0 Å². The molecule has 0 aromatic heterocycles. The molecule has 3 aliphatic heterocycles. The summed E-state index contributed by atoms with van der Waals surface area (Å²) in [6.45, 7) is -0.695. The first-order valence-electron chi connectivity index (χ1n) is 14.2. The third kappa shape index (κ3) is 8.26. The van der Waals surface area contributed by atoms with E-state index in [2.05, 4.69) is 10.6 Å². The lowest BCUT2D eigenvalue weighted by Crippen LogP contribution is -2.69. The number of hydrogen-bond donors (Lipinski definition) is 13. The van der Waals surface area contributed by atoms with Crippen molar-refractivity contribution in [3.05, 3.63) is 0 Å². The number of carbonyl (C=O) groups is 3. The minimum Gasteiger partial charge on any atom is -0.477 e. The van der Waals surface area contributed by atoms with Gasteiger partial charge in [-0.25, -0.2) is 4.79 Å². The van der Waals surface area contributed by atoms with Crippen LogP contribution in [-0.4, -0.2) is 191 Å². The Morgan fingerprint density at radius 1 is 0.870 bits per heavy atom. The fraction of sp³-hybridized carbons (Fsp3) is 0.880. The average Bonchev–Trinajstić information content (AvgIpc) is 2.99. The van der Waals surface area contributed by atoms with Crippen molar-refractivity contribution >= 4 is 17.8 Å². The smallest absolute Gasteiger partial charge is 0.364 e. The number of rotatable bonds is 12. The molecular formula is C25H42N2O19. The van der Waals surface area contributed by atoms with Crippen molar-refractivity contribution in [2.45, 2.75) is 118 Å². The zero-order chi connectivity index (χ0) is 34.7. The molecule has 16 atom stereocenters. The molecule has 3 aliphatic rings. The van der Waals surface area contributed by atoms with E-state index in [0.29, 0.717) is 0 Å². The number of nitrogens with one attached hydrogen (secondary N) is 2. The van der Waals surface area contributed by atoms with Crippen LogP contribution >= 0.6 is 0 Å². The van der Waals surface area contributed by atoms with E-state index in [1.54, 1.807) is 0 Å². The van der Waals surface area contributed by atoms with Gasteiger partial charge >= 0.3 is 5.97 Å². The molecule has 0 aliphatic carbocycles. The van der Waals surface area contributed by atoms with Crippen molar-refractivity contribution in [2.75, 3.05) is 19.8 Å². The van der Waals surface area contributed by atoms with E-state index >= 15 is 0 Å². The Hall–Kier alpha value is -2.19. The molecule has 21 nitrogen and oxygen atoms in total. The van der Waals surface area contributed by atoms with E-state index in [9.17, 15) is 70.6 Å². The molecule has 0 saturated carbocycles. The minimum absolute atomic E-state index is 0.677. The molecule has 3 rings (SSSR count). The van der Waals surface area contributed by atoms with Crippen LogP contribution in [0.25, 0.3) is 0 Å². The molecule has 2 amide bonds. The van der Waals surface area contributed by atoms with Gasteiger partial charge in [0.2, 0.25) is 11.8 Å². The third-order valence-electron chi connectivity index (χ3n) is 7.87. The largest absolute Gasteiger partial charge is 0.477 e. The third-order valence-corrected chi connectivity index (χ3v) is 7.87. The lowest BCUT2D eigenvalue weighted by atomic mass is 9.88. The number of aliphatic hydroxyl groups is 10. The van der Waals surface area contributed by atoms with Crippen molar-refractivity contribution < 1.29 is 94.2 Å². The first-order valence-corrected chi connectivity index (χ1v) is 14.2. The molecule has 0 aromatic rings. The van der Waals surface area contributed by atoms with Crippen LogP contribution in [-0.2, 0) is 38.1 Å². The molecule has 3 saturated heterocycles. The van der Waals surface area contributed by atoms with E-state index in [1.807, 2.05) is 0 Å². The van der Waals surface area contributed by atoms with E-state index < -0.39 is 142 Å². The first kappa shape index (κ1) is 38.3. The molecule has 0 bridgehead atoms. The van der Waals surface area contributed by atoms with Gasteiger partial charge in [0.1, 0.15) is 67.1 Å². The summed E-state index contributed by atoms with van der Waals surface area (Å²) in [5.41, 5.74) is 0. The second-order valence-electron chi connectivity index (χ2n) is 11.3. The number of carboxylic acid groups (broad SMARTS) is 1. The predicted octanol–water partition coefficient (Wildman–Crippen LogP) is -8.08. The molecule has 46 heavy (non-hydrogen) atoms. The average molecular weight is 675 g/mol. The van der Waals surface area contributed by atoms with Crippen molar-refractivity contribution in [1.82, 2.24) is 10.6 Å². The molecule has 0 radical (unpaired) electrons. The number of ether oxygens (including phenoxy) is 5. The summed E-state index contributed by atoms with van der Waals surface area (Å²) < 4.78 is 27.2. The lowest BCUT2D eigenvalue weighted by molar-refractivity contribution is -0.358. The fourth-order valence-electron chi connectivity index (χ4n) is 5.46. The van der Waals surface area contributed by atoms with Crippen LogP contribution in [0.15, 0.2) is 0 Å². The maximum Gasteiger partial charge on any atom is 0.364 e. The van der Waals surface area contributed by atoms with Gasteiger partial charge in [-0.1, -0.05) is 0 Å². The molecule has 0 unspecified atom stereocenters. The van der Waals surface area contributed by atoms with E-state index in [4.69, 9.17) is 23.7 Å². The normalized spacial score (nSPS) is 42.9. The summed E-state index contributed by atoms with van der Waals surface area (Å²) in [5.74, 6) is -6.12. The molecule has 3 heterocycles. The van der Waals surface area contributed by atoms with Gasteiger partial charge in [0.15, 0.2) is 12.6 Å². The first-order chi connectivity index (χ1) is 21.5. The minimum atomic E-state index is -2.84. The van der Waals surface area contributed by atoms with Crippen LogP contribution in [0.5, 0.6) is 0 Å². The summed E-state index contributed by atoms with van der Waals surface area (Å²) in [5, 5.41) is 117. The SMILES string of the molecule is CC(=O)N[C@@H]1[C@@H](O)[C@H](O[C@H]2O[C@H](CO[C@]3(C(=O)O)C[C@H](O)[C@@H](NC(C)=O)[C@H]([C@H](O)[C@H](O)CO)O3)[C@H](O)[C@H](O)[C@H]2O)[C@@H](CO)O[C@H]1O. The zero-order valence-electron chi connectivity index (χ0n) is 24.7. The molecule has 0 spiro atoms. The van der Waals surface area contributed by atoms with Crippen LogP contribution < -0.4 is 10.6 Å². The monoisotopic (exact) mass is 674 g/mol. The topological polar surface area (TPSA) is 344 Å². The van der Waals surface area contributed by atoms with E-state index in [1.165, 1.54) is 0 Å². The molecular weight excluding hydrogens is 632 g/mol. The van der Waals surface area contributed by atoms with Gasteiger partial charge in [-0.3, -0.25) is 9.59 Å². The molecule has 3 fully saturated rings. The maximum atomic E-state index is 12.4. The summed E-state index contributed by atoms with van der Waals surface area (Å²) in [4.78, 5) is 35.7. The molecule has 21 heteroatoms. The number of carbonyl (C=O) groups excluding carboxylic acids is 2. The summed E-state index contributed by atoms with van der Waals surface area (Å²) >= 11 is 0. The molecule has 0 aromatic carbocycles. The van der Waals surface area contributed by atoms with Gasteiger partial charge in [-0.15, -0.1) is 0 Å². The second-order valence-corrected chi connectivity index (χ2v) is 11.3. The van der Waals surface area contributed by atoms with Gasteiger partial charge in [-0.2, -0.15) is 0 Å². The number of amides is 2. The Labute approximate surface area is 260 Å². The Balaban J connectivity index is 1.83. The van der Waals surface area contributed by atoms with Gasteiger partial charge in [0.05, 0.1) is 32.0 Å².